The van der Waals surface area contributed by atoms with Crippen molar-refractivity contribution in [2.75, 3.05) is 4.90 Å². The Labute approximate surface area is 162 Å². The molecule has 1 nitrogen and oxygen atoms in total. The van der Waals surface area contributed by atoms with Gasteiger partial charge < -0.3 is 4.90 Å². The van der Waals surface area contributed by atoms with Gasteiger partial charge in [-0.15, -0.1) is 0 Å². The van der Waals surface area contributed by atoms with Crippen molar-refractivity contribution in [2.24, 2.45) is 0 Å². The average Bonchev–Trinajstić information content (AvgIpc) is 2.59. The number of halogens is 1. The van der Waals surface area contributed by atoms with Gasteiger partial charge in [-0.2, -0.15) is 0 Å². The fourth-order valence-electron chi connectivity index (χ4n) is 3.12. The molecule has 3 heteroatoms. The van der Waals surface area contributed by atoms with E-state index < -0.39 is 0 Å². The van der Waals surface area contributed by atoms with Gasteiger partial charge in [-0.1, -0.05) is 72.7 Å². The zero-order chi connectivity index (χ0) is 17.6. The predicted molar refractivity (Wildman–Crippen MR) is 112 cm³/mol. The van der Waals surface area contributed by atoms with Gasteiger partial charge in [0.25, 0.3) is 0 Å². The molecule has 0 saturated heterocycles. The lowest BCUT2D eigenvalue weighted by molar-refractivity contribution is 0.590. The van der Waals surface area contributed by atoms with Crippen molar-refractivity contribution in [2.45, 2.75) is 36.0 Å². The van der Waals surface area contributed by atoms with E-state index in [2.05, 4.69) is 108 Å². The van der Waals surface area contributed by atoms with Crippen LogP contribution in [-0.2, 0) is 5.41 Å². The van der Waals surface area contributed by atoms with E-state index >= 15 is 0 Å². The molecule has 0 amide bonds. The molecule has 126 valence electrons. The number of rotatable bonds is 1. The molecular weight excluding hydrogens is 390 g/mol. The van der Waals surface area contributed by atoms with E-state index in [1.165, 1.54) is 32.4 Å². The first-order chi connectivity index (χ1) is 11.9. The van der Waals surface area contributed by atoms with Gasteiger partial charge >= 0.3 is 0 Å². The third kappa shape index (κ3) is 3.11. The lowest BCUT2D eigenvalue weighted by atomic mass is 9.87. The Bertz CT molecular complexity index is 926. The Hall–Kier alpha value is -1.71. The molecule has 1 heterocycles. The fourth-order valence-corrected chi connectivity index (χ4v) is 4.73. The third-order valence-electron chi connectivity index (χ3n) is 4.48. The molecule has 0 N–H and O–H groups in total. The van der Waals surface area contributed by atoms with Crippen molar-refractivity contribution in [3.63, 3.8) is 0 Å². The maximum atomic E-state index is 3.61. The quantitative estimate of drug-likeness (QED) is 0.317. The molecule has 0 unspecified atom stereocenters. The smallest absolute Gasteiger partial charge is 0.0602 e. The fraction of sp³-hybridized carbons (Fsp3) is 0.182. The summed E-state index contributed by atoms with van der Waals surface area (Å²) in [5.74, 6) is 0. The summed E-state index contributed by atoms with van der Waals surface area (Å²) in [5, 5.41) is 0. The number of benzene rings is 3. The standard InChI is InChI=1S/C22H20BrNS/c1-22(2,3)15-8-11-17(12-9-15)24-18-6-4-5-7-20(18)25-21-14-16(23)10-13-19(21)24/h4-14H,1-3H3. The highest BCUT2D eigenvalue weighted by Crippen LogP contribution is 2.51. The second-order valence-electron chi connectivity index (χ2n) is 7.31. The van der Waals surface area contributed by atoms with Crippen molar-refractivity contribution < 1.29 is 0 Å². The summed E-state index contributed by atoms with van der Waals surface area (Å²) in [6, 6.07) is 24.1. The number of para-hydroxylation sites is 1. The molecule has 4 rings (SSSR count). The minimum atomic E-state index is 0.164. The first kappa shape index (κ1) is 16.7. The van der Waals surface area contributed by atoms with E-state index in [0.717, 1.165) is 4.47 Å². The SMILES string of the molecule is CC(C)(C)c1ccc(N2c3ccccc3Sc3cc(Br)ccc32)cc1. The number of anilines is 3. The van der Waals surface area contributed by atoms with Gasteiger partial charge in [0.05, 0.1) is 11.4 Å². The second kappa shape index (κ2) is 6.22. The zero-order valence-corrected chi connectivity index (χ0v) is 17.0. The van der Waals surface area contributed by atoms with Gasteiger partial charge in [0.1, 0.15) is 0 Å². The molecule has 0 fully saturated rings. The molecule has 0 spiro atoms. The lowest BCUT2D eigenvalue weighted by Gasteiger charge is -2.33. The number of fused-ring (bicyclic) bond motifs is 2. The summed E-state index contributed by atoms with van der Waals surface area (Å²) >= 11 is 5.44. The van der Waals surface area contributed by atoms with Crippen LogP contribution in [0, 0.1) is 0 Å². The first-order valence-electron chi connectivity index (χ1n) is 8.40. The number of hydrogen-bond donors (Lipinski definition) is 0. The molecule has 0 aromatic heterocycles. The van der Waals surface area contributed by atoms with Crippen LogP contribution in [0.4, 0.5) is 17.1 Å². The van der Waals surface area contributed by atoms with Crippen LogP contribution in [0.5, 0.6) is 0 Å². The summed E-state index contributed by atoms with van der Waals surface area (Å²) in [5.41, 5.74) is 5.19. The van der Waals surface area contributed by atoms with Crippen LogP contribution in [0.1, 0.15) is 26.3 Å². The van der Waals surface area contributed by atoms with Crippen LogP contribution in [-0.4, -0.2) is 0 Å². The molecule has 3 aromatic rings. The molecule has 0 saturated carbocycles. The van der Waals surface area contributed by atoms with Gasteiger partial charge in [0.15, 0.2) is 0 Å². The van der Waals surface area contributed by atoms with Crippen LogP contribution in [0.25, 0.3) is 0 Å². The van der Waals surface area contributed by atoms with Crippen molar-refractivity contribution in [3.8, 4) is 0 Å². The van der Waals surface area contributed by atoms with Gasteiger partial charge in [-0.3, -0.25) is 0 Å². The molecule has 1 aliphatic rings. The molecule has 3 aromatic carbocycles. The van der Waals surface area contributed by atoms with E-state index in [0.29, 0.717) is 0 Å². The Morgan fingerprint density at radius 1 is 0.800 bits per heavy atom. The van der Waals surface area contributed by atoms with Crippen molar-refractivity contribution >= 4 is 44.8 Å². The molecule has 1 aliphatic heterocycles. The highest BCUT2D eigenvalue weighted by Gasteiger charge is 2.25. The maximum absolute atomic E-state index is 3.61. The predicted octanol–water partition coefficient (Wildman–Crippen LogP) is 7.68. The normalized spacial score (nSPS) is 13.4. The maximum Gasteiger partial charge on any atom is 0.0602 e. The largest absolute Gasteiger partial charge is 0.308 e. The summed E-state index contributed by atoms with van der Waals surface area (Å²) in [7, 11) is 0. The molecular formula is C22H20BrNS. The molecule has 0 atom stereocenters. The summed E-state index contributed by atoms with van der Waals surface area (Å²) in [4.78, 5) is 4.92. The van der Waals surface area contributed by atoms with E-state index in [1.54, 1.807) is 0 Å². The average molecular weight is 410 g/mol. The minimum Gasteiger partial charge on any atom is -0.308 e. The summed E-state index contributed by atoms with van der Waals surface area (Å²) < 4.78 is 1.11. The topological polar surface area (TPSA) is 3.24 Å². The molecule has 25 heavy (non-hydrogen) atoms. The second-order valence-corrected chi connectivity index (χ2v) is 9.31. The third-order valence-corrected chi connectivity index (χ3v) is 6.09. The zero-order valence-electron chi connectivity index (χ0n) is 14.6. The van der Waals surface area contributed by atoms with Gasteiger partial charge in [0, 0.05) is 20.0 Å². The van der Waals surface area contributed by atoms with E-state index in [-0.39, 0.29) is 5.41 Å². The molecule has 0 radical (unpaired) electrons. The Balaban J connectivity index is 1.87. The van der Waals surface area contributed by atoms with Crippen molar-refractivity contribution in [3.05, 3.63) is 76.8 Å². The highest BCUT2D eigenvalue weighted by atomic mass is 79.9. The highest BCUT2D eigenvalue weighted by molar-refractivity contribution is 9.10. The molecule has 0 aliphatic carbocycles. The Morgan fingerprint density at radius 3 is 2.20 bits per heavy atom. The Kier molecular flexibility index (Phi) is 4.17. The van der Waals surface area contributed by atoms with Gasteiger partial charge in [-0.05, 0) is 53.4 Å². The van der Waals surface area contributed by atoms with Crippen molar-refractivity contribution in [1.29, 1.82) is 0 Å². The van der Waals surface area contributed by atoms with E-state index in [1.807, 2.05) is 11.8 Å². The van der Waals surface area contributed by atoms with Crippen LogP contribution < -0.4 is 4.90 Å². The van der Waals surface area contributed by atoms with Crippen LogP contribution >= 0.6 is 27.7 Å². The van der Waals surface area contributed by atoms with E-state index in [9.17, 15) is 0 Å². The number of hydrogen-bond acceptors (Lipinski definition) is 2. The molecule has 0 bridgehead atoms. The first-order valence-corrected chi connectivity index (χ1v) is 10.0. The monoisotopic (exact) mass is 409 g/mol. The van der Waals surface area contributed by atoms with Crippen LogP contribution in [0.3, 0.4) is 0 Å². The summed E-state index contributed by atoms with van der Waals surface area (Å²) in [6.07, 6.45) is 0. The minimum absolute atomic E-state index is 0.164. The lowest BCUT2D eigenvalue weighted by Crippen LogP contribution is -2.16. The van der Waals surface area contributed by atoms with E-state index in [4.69, 9.17) is 0 Å². The van der Waals surface area contributed by atoms with Gasteiger partial charge in [0.2, 0.25) is 0 Å². The number of nitrogens with zero attached hydrogens (tertiary/aromatic N) is 1. The van der Waals surface area contributed by atoms with Crippen LogP contribution in [0.15, 0.2) is 81.0 Å². The van der Waals surface area contributed by atoms with Gasteiger partial charge in [-0.25, -0.2) is 0 Å². The van der Waals surface area contributed by atoms with Crippen LogP contribution in [0.2, 0.25) is 0 Å². The van der Waals surface area contributed by atoms with Crippen molar-refractivity contribution in [1.82, 2.24) is 0 Å². The summed E-state index contributed by atoms with van der Waals surface area (Å²) in [6.45, 7) is 6.75. The Morgan fingerprint density at radius 2 is 1.48 bits per heavy atom.